The van der Waals surface area contributed by atoms with Crippen molar-refractivity contribution < 1.29 is 9.53 Å². The van der Waals surface area contributed by atoms with Crippen molar-refractivity contribution in [3.8, 4) is 0 Å². The average molecular weight is 352 g/mol. The molecule has 7 heteroatoms. The third-order valence-electron chi connectivity index (χ3n) is 4.71. The number of carbonyl (C=O) groups excluding carboxylic acids is 1. The number of benzene rings is 1. The first kappa shape index (κ1) is 16.5. The summed E-state index contributed by atoms with van der Waals surface area (Å²) in [6.07, 6.45) is 1.89. The molecule has 2 aromatic heterocycles. The third-order valence-corrected chi connectivity index (χ3v) is 4.71. The molecule has 0 radical (unpaired) electrons. The number of ether oxygens (including phenoxy) is 1. The van der Waals surface area contributed by atoms with Gasteiger partial charge in [-0.1, -0.05) is 18.2 Å². The van der Waals surface area contributed by atoms with Gasteiger partial charge in [0.05, 0.1) is 6.42 Å². The number of aromatic nitrogens is 3. The Kier molecular flexibility index (Phi) is 4.53. The van der Waals surface area contributed by atoms with E-state index in [0.29, 0.717) is 17.3 Å². The van der Waals surface area contributed by atoms with Crippen LogP contribution in [0.2, 0.25) is 0 Å². The van der Waals surface area contributed by atoms with Crippen LogP contribution in [0.3, 0.4) is 0 Å². The van der Waals surface area contributed by atoms with Crippen molar-refractivity contribution in [3.05, 3.63) is 58.0 Å². The molecule has 0 saturated carbocycles. The van der Waals surface area contributed by atoms with Gasteiger partial charge in [-0.05, 0) is 30.4 Å². The quantitative estimate of drug-likeness (QED) is 0.671. The number of nitrogens with one attached hydrogen (secondary N) is 3. The van der Waals surface area contributed by atoms with Gasteiger partial charge in [0.1, 0.15) is 0 Å². The summed E-state index contributed by atoms with van der Waals surface area (Å²) >= 11 is 0. The fraction of sp³-hybridized carbons (Fsp3) is 0.316. The molecule has 1 aromatic carbocycles. The van der Waals surface area contributed by atoms with Gasteiger partial charge in [-0.3, -0.25) is 14.7 Å². The van der Waals surface area contributed by atoms with E-state index < -0.39 is 0 Å². The average Bonchev–Trinajstić information content (AvgIpc) is 3.11. The van der Waals surface area contributed by atoms with E-state index in [4.69, 9.17) is 4.74 Å². The van der Waals surface area contributed by atoms with Crippen LogP contribution in [0.25, 0.3) is 10.9 Å². The molecule has 134 valence electrons. The molecule has 0 spiro atoms. The van der Waals surface area contributed by atoms with Gasteiger partial charge in [-0.15, -0.1) is 0 Å². The third kappa shape index (κ3) is 3.52. The van der Waals surface area contributed by atoms with Gasteiger partial charge < -0.3 is 15.0 Å². The van der Waals surface area contributed by atoms with Crippen molar-refractivity contribution >= 4 is 22.6 Å². The van der Waals surface area contributed by atoms with Gasteiger partial charge in [0.2, 0.25) is 5.91 Å². The van der Waals surface area contributed by atoms with Gasteiger partial charge in [-0.2, -0.15) is 5.10 Å². The lowest BCUT2D eigenvalue weighted by Gasteiger charge is -2.20. The van der Waals surface area contributed by atoms with Crippen LogP contribution in [-0.4, -0.2) is 34.3 Å². The number of hydrogen-bond donors (Lipinski definition) is 3. The van der Waals surface area contributed by atoms with E-state index in [1.54, 1.807) is 6.07 Å². The van der Waals surface area contributed by atoms with Gasteiger partial charge in [-0.25, -0.2) is 0 Å². The normalized spacial score (nSPS) is 15.2. The number of anilines is 1. The van der Waals surface area contributed by atoms with Gasteiger partial charge in [0.25, 0.3) is 5.56 Å². The molecule has 0 bridgehead atoms. The summed E-state index contributed by atoms with van der Waals surface area (Å²) in [5, 5.41) is 10.8. The maximum atomic E-state index is 12.3. The SMILES string of the molecule is O=C(Cc1cc2ccccc2[nH]c1=O)Nc1cc(C2CCOCC2)[nH]n1. The molecular formula is C19H20N4O3. The summed E-state index contributed by atoms with van der Waals surface area (Å²) in [5.41, 5.74) is 1.95. The Morgan fingerprint density at radius 2 is 2.04 bits per heavy atom. The van der Waals surface area contributed by atoms with Crippen LogP contribution in [0.4, 0.5) is 5.82 Å². The predicted molar refractivity (Wildman–Crippen MR) is 98.3 cm³/mol. The number of hydrogen-bond acceptors (Lipinski definition) is 4. The molecule has 1 fully saturated rings. The number of rotatable bonds is 4. The van der Waals surface area contributed by atoms with E-state index in [9.17, 15) is 9.59 Å². The van der Waals surface area contributed by atoms with Crippen LogP contribution >= 0.6 is 0 Å². The molecule has 1 aliphatic heterocycles. The highest BCUT2D eigenvalue weighted by Crippen LogP contribution is 2.26. The first-order chi connectivity index (χ1) is 12.7. The highest BCUT2D eigenvalue weighted by atomic mass is 16.5. The second-order valence-corrected chi connectivity index (χ2v) is 6.53. The number of fused-ring (bicyclic) bond motifs is 1. The summed E-state index contributed by atoms with van der Waals surface area (Å²) in [7, 11) is 0. The predicted octanol–water partition coefficient (Wildman–Crippen LogP) is 2.33. The number of para-hydroxylation sites is 1. The van der Waals surface area contributed by atoms with Crippen molar-refractivity contribution in [1.29, 1.82) is 0 Å². The number of H-pyrrole nitrogens is 2. The molecule has 4 rings (SSSR count). The summed E-state index contributed by atoms with van der Waals surface area (Å²) in [5.74, 6) is 0.592. The van der Waals surface area contributed by atoms with E-state index >= 15 is 0 Å². The number of amides is 1. The minimum Gasteiger partial charge on any atom is -0.381 e. The molecule has 1 aliphatic rings. The Labute approximate surface area is 149 Å². The van der Waals surface area contributed by atoms with Crippen molar-refractivity contribution in [1.82, 2.24) is 15.2 Å². The van der Waals surface area contributed by atoms with Crippen molar-refractivity contribution in [2.45, 2.75) is 25.2 Å². The monoisotopic (exact) mass is 352 g/mol. The Bertz CT molecular complexity index is 986. The zero-order valence-electron chi connectivity index (χ0n) is 14.2. The Morgan fingerprint density at radius 1 is 1.23 bits per heavy atom. The molecule has 1 saturated heterocycles. The molecule has 1 amide bonds. The largest absolute Gasteiger partial charge is 0.381 e. The minimum atomic E-state index is -0.268. The maximum Gasteiger partial charge on any atom is 0.252 e. The fourth-order valence-electron chi connectivity index (χ4n) is 3.30. The van der Waals surface area contributed by atoms with Crippen LogP contribution in [0.15, 0.2) is 41.2 Å². The number of aromatic amines is 2. The lowest BCUT2D eigenvalue weighted by Crippen LogP contribution is -2.21. The van der Waals surface area contributed by atoms with E-state index in [2.05, 4.69) is 20.5 Å². The van der Waals surface area contributed by atoms with E-state index in [-0.39, 0.29) is 17.9 Å². The van der Waals surface area contributed by atoms with Crippen LogP contribution in [-0.2, 0) is 16.0 Å². The standard InChI is InChI=1S/C19H20N4O3/c24-18(10-14-9-13-3-1-2-4-15(13)20-19(14)25)21-17-11-16(22-23-17)12-5-7-26-8-6-12/h1-4,9,11-12H,5-8,10H2,(H,20,25)(H2,21,22,23,24). The molecule has 3 aromatic rings. The molecule has 3 N–H and O–H groups in total. The van der Waals surface area contributed by atoms with Gasteiger partial charge in [0, 0.05) is 42.0 Å². The van der Waals surface area contributed by atoms with Crippen LogP contribution in [0.5, 0.6) is 0 Å². The molecule has 0 atom stereocenters. The highest BCUT2D eigenvalue weighted by Gasteiger charge is 2.19. The number of nitrogens with zero attached hydrogens (tertiary/aromatic N) is 1. The van der Waals surface area contributed by atoms with Gasteiger partial charge in [0.15, 0.2) is 5.82 Å². The Balaban J connectivity index is 1.45. The second-order valence-electron chi connectivity index (χ2n) is 6.53. The Hall–Kier alpha value is -2.93. The van der Waals surface area contributed by atoms with Gasteiger partial charge >= 0.3 is 0 Å². The molecule has 7 nitrogen and oxygen atoms in total. The lowest BCUT2D eigenvalue weighted by atomic mass is 9.97. The maximum absolute atomic E-state index is 12.3. The molecular weight excluding hydrogens is 332 g/mol. The summed E-state index contributed by atoms with van der Waals surface area (Å²) in [4.78, 5) is 27.3. The van der Waals surface area contributed by atoms with Crippen LogP contribution in [0.1, 0.15) is 30.0 Å². The first-order valence-corrected chi connectivity index (χ1v) is 8.73. The summed E-state index contributed by atoms with van der Waals surface area (Å²) in [6.45, 7) is 1.49. The number of pyridine rings is 1. The molecule has 0 unspecified atom stereocenters. The van der Waals surface area contributed by atoms with Crippen molar-refractivity contribution in [2.24, 2.45) is 0 Å². The fourth-order valence-corrected chi connectivity index (χ4v) is 3.30. The number of carbonyl (C=O) groups is 1. The van der Waals surface area contributed by atoms with E-state index in [1.807, 2.05) is 30.3 Å². The summed E-state index contributed by atoms with van der Waals surface area (Å²) in [6, 6.07) is 11.1. The zero-order chi connectivity index (χ0) is 17.9. The first-order valence-electron chi connectivity index (χ1n) is 8.73. The lowest BCUT2D eigenvalue weighted by molar-refractivity contribution is -0.115. The van der Waals surface area contributed by atoms with E-state index in [0.717, 1.165) is 42.7 Å². The van der Waals surface area contributed by atoms with Crippen LogP contribution < -0.4 is 10.9 Å². The van der Waals surface area contributed by atoms with Crippen LogP contribution in [0, 0.1) is 0 Å². The second kappa shape index (κ2) is 7.13. The van der Waals surface area contributed by atoms with Crippen molar-refractivity contribution in [3.63, 3.8) is 0 Å². The smallest absolute Gasteiger partial charge is 0.252 e. The topological polar surface area (TPSA) is 99.9 Å². The Morgan fingerprint density at radius 3 is 2.88 bits per heavy atom. The molecule has 26 heavy (non-hydrogen) atoms. The minimum absolute atomic E-state index is 0.000368. The molecule has 0 aliphatic carbocycles. The zero-order valence-corrected chi connectivity index (χ0v) is 14.2. The van der Waals surface area contributed by atoms with Crippen molar-refractivity contribution in [2.75, 3.05) is 18.5 Å². The van der Waals surface area contributed by atoms with E-state index in [1.165, 1.54) is 0 Å². The molecule has 3 heterocycles. The summed E-state index contributed by atoms with van der Waals surface area (Å²) < 4.78 is 5.36. The highest BCUT2D eigenvalue weighted by molar-refractivity contribution is 5.92.